The van der Waals surface area contributed by atoms with Gasteiger partial charge in [-0.3, -0.25) is 0 Å². The first-order valence-electron chi connectivity index (χ1n) is 10.3. The summed E-state index contributed by atoms with van der Waals surface area (Å²) in [6.45, 7) is 8.69. The summed E-state index contributed by atoms with van der Waals surface area (Å²) < 4.78 is 0. The van der Waals surface area contributed by atoms with E-state index in [1.54, 1.807) is 12.1 Å². The van der Waals surface area contributed by atoms with E-state index in [4.69, 9.17) is 16.6 Å². The molecule has 1 N–H and O–H groups in total. The van der Waals surface area contributed by atoms with Gasteiger partial charge in [0.05, 0.1) is 0 Å². The van der Waals surface area contributed by atoms with Crippen LogP contribution in [-0.4, -0.2) is 85.2 Å². The molecule has 0 aliphatic carbocycles. The molecule has 9 heteroatoms. The highest BCUT2D eigenvalue weighted by Crippen LogP contribution is 2.20. The number of nitrogens with zero attached hydrogens (tertiary/aromatic N) is 6. The second kappa shape index (κ2) is 9.06. The zero-order chi connectivity index (χ0) is 21.1. The fourth-order valence-electron chi connectivity index (χ4n) is 3.75. The van der Waals surface area contributed by atoms with Crippen LogP contribution in [-0.2, 0) is 0 Å². The number of urea groups is 1. The minimum atomic E-state index is -0.111. The van der Waals surface area contributed by atoms with Crippen LogP contribution in [0.2, 0.25) is 5.02 Å². The monoisotopic (exact) mass is 429 g/mol. The molecule has 0 unspecified atom stereocenters. The number of hydrogen-bond acceptors (Lipinski definition) is 6. The van der Waals surface area contributed by atoms with Gasteiger partial charge in [0.15, 0.2) is 0 Å². The maximum absolute atomic E-state index is 12.6. The van der Waals surface area contributed by atoms with Gasteiger partial charge < -0.3 is 24.9 Å². The molecule has 2 saturated heterocycles. The van der Waals surface area contributed by atoms with Gasteiger partial charge in [-0.25, -0.2) is 9.78 Å². The lowest BCUT2D eigenvalue weighted by molar-refractivity contribution is 0.208. The largest absolute Gasteiger partial charge is 0.354 e. The van der Waals surface area contributed by atoms with Crippen molar-refractivity contribution in [2.45, 2.75) is 6.92 Å². The lowest BCUT2D eigenvalue weighted by Gasteiger charge is -2.36. The molecule has 0 radical (unpaired) electrons. The van der Waals surface area contributed by atoms with Gasteiger partial charge in [0, 0.05) is 74.8 Å². The average molecular weight is 430 g/mol. The van der Waals surface area contributed by atoms with E-state index in [1.165, 1.54) is 0 Å². The highest BCUT2D eigenvalue weighted by molar-refractivity contribution is 6.30. The number of anilines is 3. The third-order valence-electron chi connectivity index (χ3n) is 5.58. The van der Waals surface area contributed by atoms with Crippen molar-refractivity contribution in [3.05, 3.63) is 41.0 Å². The van der Waals surface area contributed by atoms with Gasteiger partial charge in [-0.15, -0.1) is 0 Å². The molecule has 2 fully saturated rings. The maximum atomic E-state index is 12.6. The Balaban J connectivity index is 1.37. The van der Waals surface area contributed by atoms with Gasteiger partial charge >= 0.3 is 6.03 Å². The number of carbonyl (C=O) groups is 1. The summed E-state index contributed by atoms with van der Waals surface area (Å²) in [5, 5.41) is 3.52. The van der Waals surface area contributed by atoms with Crippen LogP contribution in [0.3, 0.4) is 0 Å². The molecular formula is C21H28ClN7O. The molecule has 0 spiro atoms. The lowest BCUT2D eigenvalue weighted by atomic mass is 10.3. The Morgan fingerprint density at radius 1 is 0.967 bits per heavy atom. The van der Waals surface area contributed by atoms with E-state index in [0.717, 1.165) is 43.6 Å². The predicted octanol–water partition coefficient (Wildman–Crippen LogP) is 2.54. The highest BCUT2D eigenvalue weighted by Gasteiger charge is 2.24. The van der Waals surface area contributed by atoms with Crippen molar-refractivity contribution in [3.8, 4) is 0 Å². The van der Waals surface area contributed by atoms with Crippen LogP contribution in [0.15, 0.2) is 30.3 Å². The molecule has 2 aliphatic heterocycles. The summed E-state index contributed by atoms with van der Waals surface area (Å²) >= 11 is 6.00. The molecule has 3 heterocycles. The van der Waals surface area contributed by atoms with Gasteiger partial charge in [-0.2, -0.15) is 4.98 Å². The van der Waals surface area contributed by atoms with Crippen LogP contribution < -0.4 is 15.1 Å². The van der Waals surface area contributed by atoms with Crippen LogP contribution in [0, 0.1) is 6.92 Å². The zero-order valence-electron chi connectivity index (χ0n) is 17.5. The van der Waals surface area contributed by atoms with Crippen LogP contribution in [0.5, 0.6) is 0 Å². The van der Waals surface area contributed by atoms with Gasteiger partial charge in [0.2, 0.25) is 5.95 Å². The van der Waals surface area contributed by atoms with Gasteiger partial charge in [-0.1, -0.05) is 17.7 Å². The predicted molar refractivity (Wildman–Crippen MR) is 121 cm³/mol. The maximum Gasteiger partial charge on any atom is 0.321 e. The Kier molecular flexibility index (Phi) is 6.24. The van der Waals surface area contributed by atoms with Crippen molar-refractivity contribution in [1.82, 2.24) is 19.8 Å². The van der Waals surface area contributed by atoms with E-state index >= 15 is 0 Å². The number of rotatable bonds is 3. The van der Waals surface area contributed by atoms with Crippen molar-refractivity contribution < 1.29 is 4.79 Å². The standard InChI is InChI=1S/C21H28ClN7O/c1-16-14-19(27-8-6-26(2)7-9-27)25-20(23-16)28-10-12-29(13-11-28)21(30)24-18-5-3-4-17(22)15-18/h3-5,14-15H,6-13H2,1-2H3,(H,24,30). The van der Waals surface area contributed by atoms with E-state index < -0.39 is 0 Å². The Bertz CT molecular complexity index is 893. The Morgan fingerprint density at radius 3 is 2.37 bits per heavy atom. The highest BCUT2D eigenvalue weighted by atomic mass is 35.5. The zero-order valence-corrected chi connectivity index (χ0v) is 18.3. The summed E-state index contributed by atoms with van der Waals surface area (Å²) in [6.07, 6.45) is 0. The van der Waals surface area contributed by atoms with E-state index in [0.29, 0.717) is 36.9 Å². The second-order valence-corrected chi connectivity index (χ2v) is 8.31. The quantitative estimate of drug-likeness (QED) is 0.808. The number of piperazine rings is 2. The molecule has 2 aliphatic rings. The molecule has 0 bridgehead atoms. The number of likely N-dealkylation sites (N-methyl/N-ethyl adjacent to an activating group) is 1. The average Bonchev–Trinajstić information content (AvgIpc) is 2.74. The van der Waals surface area contributed by atoms with Crippen molar-refractivity contribution in [3.63, 3.8) is 0 Å². The van der Waals surface area contributed by atoms with Crippen molar-refractivity contribution >= 4 is 35.1 Å². The molecule has 2 amide bonds. The Labute approximate surface area is 182 Å². The number of aryl methyl sites for hydroxylation is 1. The summed E-state index contributed by atoms with van der Waals surface area (Å²) in [7, 11) is 2.15. The van der Waals surface area contributed by atoms with E-state index in [9.17, 15) is 4.79 Å². The lowest BCUT2D eigenvalue weighted by Crippen LogP contribution is -2.50. The molecule has 1 aromatic carbocycles. The van der Waals surface area contributed by atoms with E-state index in [2.05, 4.69) is 38.1 Å². The molecular weight excluding hydrogens is 402 g/mol. The molecule has 30 heavy (non-hydrogen) atoms. The summed E-state index contributed by atoms with van der Waals surface area (Å²) in [5.74, 6) is 1.74. The Hall–Kier alpha value is -2.58. The molecule has 1 aromatic heterocycles. The van der Waals surface area contributed by atoms with Crippen LogP contribution >= 0.6 is 11.6 Å². The number of amides is 2. The van der Waals surface area contributed by atoms with Crippen molar-refractivity contribution in [2.75, 3.05) is 74.5 Å². The minimum absolute atomic E-state index is 0.111. The van der Waals surface area contributed by atoms with Gasteiger partial charge in [0.25, 0.3) is 0 Å². The van der Waals surface area contributed by atoms with Crippen molar-refractivity contribution in [2.24, 2.45) is 0 Å². The molecule has 4 rings (SSSR count). The van der Waals surface area contributed by atoms with Gasteiger partial charge in [-0.05, 0) is 32.2 Å². The van der Waals surface area contributed by atoms with Gasteiger partial charge in [0.1, 0.15) is 5.82 Å². The first kappa shape index (κ1) is 20.7. The number of hydrogen-bond donors (Lipinski definition) is 1. The van der Waals surface area contributed by atoms with Crippen LogP contribution in [0.4, 0.5) is 22.2 Å². The summed E-state index contributed by atoms with van der Waals surface area (Å²) in [6, 6.07) is 9.14. The van der Waals surface area contributed by atoms with Crippen LogP contribution in [0.1, 0.15) is 5.69 Å². The number of nitrogens with one attached hydrogen (secondary N) is 1. The fourth-order valence-corrected chi connectivity index (χ4v) is 3.94. The minimum Gasteiger partial charge on any atom is -0.354 e. The SMILES string of the molecule is Cc1cc(N2CCN(C)CC2)nc(N2CCN(C(=O)Nc3cccc(Cl)c3)CC2)n1. The number of aromatic nitrogens is 2. The molecule has 0 atom stereocenters. The Morgan fingerprint density at radius 2 is 1.67 bits per heavy atom. The molecule has 2 aromatic rings. The second-order valence-electron chi connectivity index (χ2n) is 7.87. The van der Waals surface area contributed by atoms with Crippen molar-refractivity contribution in [1.29, 1.82) is 0 Å². The summed E-state index contributed by atoms with van der Waals surface area (Å²) in [5.41, 5.74) is 1.67. The fraction of sp³-hybridized carbons (Fsp3) is 0.476. The molecule has 0 saturated carbocycles. The topological polar surface area (TPSA) is 67.8 Å². The smallest absolute Gasteiger partial charge is 0.321 e. The third-order valence-corrected chi connectivity index (χ3v) is 5.82. The van der Waals surface area contributed by atoms with Crippen LogP contribution in [0.25, 0.3) is 0 Å². The first-order valence-corrected chi connectivity index (χ1v) is 10.7. The number of halogens is 1. The molecule has 8 nitrogen and oxygen atoms in total. The number of carbonyl (C=O) groups excluding carboxylic acids is 1. The molecule has 160 valence electrons. The normalized spacial score (nSPS) is 17.9. The van der Waals surface area contributed by atoms with E-state index in [1.807, 2.05) is 24.0 Å². The number of benzene rings is 1. The first-order chi connectivity index (χ1) is 14.5. The van der Waals surface area contributed by atoms with E-state index in [-0.39, 0.29) is 6.03 Å². The summed E-state index contributed by atoms with van der Waals surface area (Å²) in [4.78, 5) is 30.7. The third kappa shape index (κ3) is 4.94.